The predicted octanol–water partition coefficient (Wildman–Crippen LogP) is 3.31. The van der Waals surface area contributed by atoms with Crippen LogP contribution in [0.3, 0.4) is 0 Å². The molecule has 0 aliphatic heterocycles. The molecule has 2 aromatic carbocycles. The molecule has 0 bridgehead atoms. The summed E-state index contributed by atoms with van der Waals surface area (Å²) in [6, 6.07) is 20.6. The molecule has 27 heavy (non-hydrogen) atoms. The first-order valence-corrected chi connectivity index (χ1v) is 8.03. The molecule has 3 aromatic rings. The van der Waals surface area contributed by atoms with E-state index < -0.39 is 0 Å². The molecule has 132 valence electrons. The van der Waals surface area contributed by atoms with Gasteiger partial charge in [0.15, 0.2) is 11.4 Å². The lowest BCUT2D eigenvalue weighted by molar-refractivity contribution is 0.131. The van der Waals surface area contributed by atoms with E-state index in [1.807, 2.05) is 42.5 Å². The molecule has 0 atom stereocenters. The maximum atomic E-state index is 9.42. The monoisotopic (exact) mass is 357 g/mol. The highest BCUT2D eigenvalue weighted by Gasteiger charge is 2.17. The van der Waals surface area contributed by atoms with E-state index in [1.165, 1.54) is 10.9 Å². The van der Waals surface area contributed by atoms with Gasteiger partial charge in [-0.05, 0) is 29.8 Å². The number of aromatic nitrogens is 2. The Morgan fingerprint density at radius 3 is 2.44 bits per heavy atom. The first kappa shape index (κ1) is 17.7. The van der Waals surface area contributed by atoms with Crippen LogP contribution in [0.25, 0.3) is 11.4 Å². The van der Waals surface area contributed by atoms with Crippen LogP contribution < -0.4 is 4.74 Å². The quantitative estimate of drug-likeness (QED) is 0.383. The lowest BCUT2D eigenvalue weighted by Gasteiger charge is -2.05. The van der Waals surface area contributed by atoms with E-state index >= 15 is 0 Å². The molecule has 0 spiro atoms. The number of methoxy groups -OCH3 is 1. The normalized spacial score (nSPS) is 10.3. The van der Waals surface area contributed by atoms with Crippen LogP contribution in [-0.4, -0.2) is 23.0 Å². The largest absolute Gasteiger partial charge is 0.497 e. The number of ether oxygens (including phenoxy) is 1. The highest BCUT2D eigenvalue weighted by molar-refractivity contribution is 5.73. The minimum absolute atomic E-state index is 0.0258. The standard InChI is InChI=1S/C20H15N5O2/c1-26-17-9-7-16(8-10-17)20-24-18(11-21)19(12-22)25(20)14-23-27-13-15-5-3-2-4-6-15/h2-10,14H,13H2,1H3. The lowest BCUT2D eigenvalue weighted by Crippen LogP contribution is -2.03. The maximum absolute atomic E-state index is 9.42. The van der Waals surface area contributed by atoms with Gasteiger partial charge >= 0.3 is 0 Å². The summed E-state index contributed by atoms with van der Waals surface area (Å²) in [7, 11) is 1.58. The number of rotatable bonds is 6. The zero-order valence-electron chi connectivity index (χ0n) is 14.5. The van der Waals surface area contributed by atoms with E-state index in [-0.39, 0.29) is 18.0 Å². The molecule has 0 aliphatic carbocycles. The van der Waals surface area contributed by atoms with Crippen LogP contribution in [0, 0.1) is 22.7 Å². The van der Waals surface area contributed by atoms with E-state index in [1.54, 1.807) is 31.4 Å². The van der Waals surface area contributed by atoms with Crippen molar-refractivity contribution in [3.63, 3.8) is 0 Å². The zero-order chi connectivity index (χ0) is 19.1. The Kier molecular flexibility index (Phi) is 5.46. The van der Waals surface area contributed by atoms with Gasteiger partial charge < -0.3 is 9.57 Å². The van der Waals surface area contributed by atoms with Crippen LogP contribution in [0.1, 0.15) is 17.0 Å². The second-order valence-electron chi connectivity index (χ2n) is 5.43. The minimum Gasteiger partial charge on any atom is -0.497 e. The van der Waals surface area contributed by atoms with Crippen LogP contribution in [-0.2, 0) is 11.4 Å². The van der Waals surface area contributed by atoms with Crippen LogP contribution >= 0.6 is 0 Å². The van der Waals surface area contributed by atoms with E-state index in [9.17, 15) is 10.5 Å². The molecule has 3 rings (SSSR count). The van der Waals surface area contributed by atoms with Gasteiger partial charge in [-0.2, -0.15) is 10.5 Å². The van der Waals surface area contributed by atoms with Crippen molar-refractivity contribution in [2.45, 2.75) is 6.61 Å². The molecule has 0 fully saturated rings. The summed E-state index contributed by atoms with van der Waals surface area (Å²) >= 11 is 0. The highest BCUT2D eigenvalue weighted by atomic mass is 16.6. The Morgan fingerprint density at radius 1 is 1.07 bits per heavy atom. The molecule has 0 saturated heterocycles. The molecule has 7 heteroatoms. The second-order valence-corrected chi connectivity index (χ2v) is 5.43. The van der Waals surface area contributed by atoms with Gasteiger partial charge in [-0.3, -0.25) is 4.57 Å². The summed E-state index contributed by atoms with van der Waals surface area (Å²) in [4.78, 5) is 9.56. The molecule has 0 radical (unpaired) electrons. The average Bonchev–Trinajstić information content (AvgIpc) is 3.09. The summed E-state index contributed by atoms with van der Waals surface area (Å²) in [6.07, 6.45) is 1.34. The van der Waals surface area contributed by atoms with Gasteiger partial charge in [-0.15, -0.1) is 0 Å². The summed E-state index contributed by atoms with van der Waals surface area (Å²) in [5, 5.41) is 22.6. The topological polar surface area (TPSA) is 96.2 Å². The Bertz CT molecular complexity index is 1030. The molecule has 0 unspecified atom stereocenters. The van der Waals surface area contributed by atoms with Gasteiger partial charge in [0.1, 0.15) is 36.7 Å². The Labute approximate surface area is 156 Å². The second kappa shape index (κ2) is 8.32. The van der Waals surface area contributed by atoms with Crippen LogP contribution in [0.4, 0.5) is 0 Å². The van der Waals surface area contributed by atoms with E-state index in [4.69, 9.17) is 9.57 Å². The molecular weight excluding hydrogens is 342 g/mol. The number of benzene rings is 2. The number of hydrogen-bond donors (Lipinski definition) is 0. The van der Waals surface area contributed by atoms with Gasteiger partial charge in [0.2, 0.25) is 0 Å². The fraction of sp³-hybridized carbons (Fsp3) is 0.100. The third-order valence-corrected chi connectivity index (χ3v) is 3.78. The van der Waals surface area contributed by atoms with Gasteiger partial charge in [-0.25, -0.2) is 4.98 Å². The van der Waals surface area contributed by atoms with Crippen molar-refractivity contribution < 1.29 is 9.57 Å². The van der Waals surface area contributed by atoms with Gasteiger partial charge in [-0.1, -0.05) is 35.5 Å². The number of imidazole rings is 1. The molecular formula is C20H15N5O2. The summed E-state index contributed by atoms with van der Waals surface area (Å²) in [5.41, 5.74) is 1.80. The van der Waals surface area contributed by atoms with Crippen molar-refractivity contribution in [3.05, 3.63) is 71.5 Å². The molecule has 0 N–H and O–H groups in total. The Hall–Kier alpha value is -4.10. The predicted molar refractivity (Wildman–Crippen MR) is 98.8 cm³/mol. The van der Waals surface area contributed by atoms with Crippen molar-refractivity contribution in [1.29, 1.82) is 10.5 Å². The van der Waals surface area contributed by atoms with Crippen molar-refractivity contribution in [1.82, 2.24) is 9.55 Å². The highest BCUT2D eigenvalue weighted by Crippen LogP contribution is 2.23. The molecule has 1 aromatic heterocycles. The van der Waals surface area contributed by atoms with Crippen molar-refractivity contribution in [2.75, 3.05) is 7.11 Å². The molecule has 1 heterocycles. The summed E-state index contributed by atoms with van der Waals surface area (Å²) in [5.74, 6) is 1.11. The van der Waals surface area contributed by atoms with Crippen molar-refractivity contribution in [2.24, 2.45) is 5.16 Å². The lowest BCUT2D eigenvalue weighted by atomic mass is 10.2. The minimum atomic E-state index is 0.0258. The number of oxime groups is 1. The molecule has 0 amide bonds. The van der Waals surface area contributed by atoms with Crippen LogP contribution in [0.15, 0.2) is 59.8 Å². The number of nitriles is 2. The summed E-state index contributed by atoms with van der Waals surface area (Å²) in [6.45, 7) is 0.289. The fourth-order valence-corrected chi connectivity index (χ4v) is 2.44. The van der Waals surface area contributed by atoms with Gasteiger partial charge in [0.05, 0.1) is 7.11 Å². The van der Waals surface area contributed by atoms with Crippen LogP contribution in [0.2, 0.25) is 0 Å². The zero-order valence-corrected chi connectivity index (χ0v) is 14.5. The molecule has 7 nitrogen and oxygen atoms in total. The number of nitrogens with zero attached hydrogens (tertiary/aromatic N) is 5. The van der Waals surface area contributed by atoms with Crippen molar-refractivity contribution >= 4 is 6.34 Å². The van der Waals surface area contributed by atoms with E-state index in [0.717, 1.165) is 5.56 Å². The maximum Gasteiger partial charge on any atom is 0.177 e. The third-order valence-electron chi connectivity index (χ3n) is 3.78. The molecule has 0 saturated carbocycles. The first-order valence-electron chi connectivity index (χ1n) is 8.03. The number of hydrogen-bond acceptors (Lipinski definition) is 6. The van der Waals surface area contributed by atoms with Crippen molar-refractivity contribution in [3.8, 4) is 29.3 Å². The smallest absolute Gasteiger partial charge is 0.177 e. The van der Waals surface area contributed by atoms with Gasteiger partial charge in [0, 0.05) is 5.56 Å². The fourth-order valence-electron chi connectivity index (χ4n) is 2.44. The third kappa shape index (κ3) is 3.94. The van der Waals surface area contributed by atoms with E-state index in [2.05, 4.69) is 10.1 Å². The first-order chi connectivity index (χ1) is 13.3. The molecule has 0 aliphatic rings. The summed E-state index contributed by atoms with van der Waals surface area (Å²) < 4.78 is 6.59. The van der Waals surface area contributed by atoms with E-state index in [0.29, 0.717) is 17.1 Å². The van der Waals surface area contributed by atoms with Crippen LogP contribution in [0.5, 0.6) is 5.75 Å². The average molecular weight is 357 g/mol. The SMILES string of the molecule is COc1ccc(-c2nc(C#N)c(C#N)n2C=NOCc2ccccc2)cc1. The Balaban J connectivity index is 1.90. The Morgan fingerprint density at radius 2 is 1.81 bits per heavy atom. The van der Waals surface area contributed by atoms with Gasteiger partial charge in [0.25, 0.3) is 0 Å².